The predicted octanol–water partition coefficient (Wildman–Crippen LogP) is 3.29. The van der Waals surface area contributed by atoms with Crippen molar-refractivity contribution in [3.05, 3.63) is 62.1 Å². The third-order valence-corrected chi connectivity index (χ3v) is 4.68. The average Bonchev–Trinajstić information content (AvgIpc) is 2.63. The van der Waals surface area contributed by atoms with Crippen LogP contribution in [0, 0.1) is 10.1 Å². The van der Waals surface area contributed by atoms with Crippen molar-refractivity contribution in [2.75, 3.05) is 25.7 Å². The smallest absolute Gasteiger partial charge is 0.270 e. The number of nitro benzene ring substituents is 1. The van der Waals surface area contributed by atoms with Gasteiger partial charge in [0, 0.05) is 34.3 Å². The first-order chi connectivity index (χ1) is 12.9. The van der Waals surface area contributed by atoms with Crippen LogP contribution < -0.4 is 10.1 Å². The second-order valence-corrected chi connectivity index (χ2v) is 7.02. The minimum Gasteiger partial charge on any atom is -0.467 e. The molecule has 9 heteroatoms. The van der Waals surface area contributed by atoms with E-state index in [1.54, 1.807) is 18.0 Å². The Bertz CT molecular complexity index is 874. The van der Waals surface area contributed by atoms with Crippen LogP contribution in [0.5, 0.6) is 5.75 Å². The number of ether oxygens (including phenoxy) is 2. The van der Waals surface area contributed by atoms with Crippen LogP contribution in [0.15, 0.2) is 40.9 Å². The molecule has 0 saturated carbocycles. The first-order valence-corrected chi connectivity index (χ1v) is 8.97. The first kappa shape index (κ1) is 19.3. The number of anilines is 1. The first-order valence-electron chi connectivity index (χ1n) is 8.17. The normalized spacial score (nSPS) is 13.0. The SMILES string of the molecule is CN(CC(=O)Nc1ccccc1Br)Cc1cc([N+](=O)[O-])cc2c1OCOC2. The number of nitro groups is 1. The maximum absolute atomic E-state index is 12.3. The number of fused-ring (bicyclic) bond motifs is 1. The summed E-state index contributed by atoms with van der Waals surface area (Å²) in [4.78, 5) is 24.8. The minimum atomic E-state index is -0.446. The highest BCUT2D eigenvalue weighted by Crippen LogP contribution is 2.33. The van der Waals surface area contributed by atoms with E-state index in [-0.39, 0.29) is 31.5 Å². The number of benzene rings is 2. The maximum atomic E-state index is 12.3. The molecular weight excluding hydrogens is 418 g/mol. The van der Waals surface area contributed by atoms with E-state index in [4.69, 9.17) is 9.47 Å². The van der Waals surface area contributed by atoms with Crippen LogP contribution in [0.3, 0.4) is 0 Å². The summed E-state index contributed by atoms with van der Waals surface area (Å²) in [6, 6.07) is 10.3. The van der Waals surface area contributed by atoms with Crippen molar-refractivity contribution in [1.29, 1.82) is 0 Å². The van der Waals surface area contributed by atoms with E-state index in [1.807, 2.05) is 18.2 Å². The molecule has 0 aromatic heterocycles. The number of carbonyl (C=O) groups is 1. The van der Waals surface area contributed by atoms with Crippen molar-refractivity contribution in [2.24, 2.45) is 0 Å². The van der Waals surface area contributed by atoms with E-state index in [9.17, 15) is 14.9 Å². The van der Waals surface area contributed by atoms with Gasteiger partial charge in [0.2, 0.25) is 5.91 Å². The minimum absolute atomic E-state index is 0.0242. The monoisotopic (exact) mass is 435 g/mol. The lowest BCUT2D eigenvalue weighted by atomic mass is 10.1. The topological polar surface area (TPSA) is 93.9 Å². The molecule has 0 radical (unpaired) electrons. The number of carbonyl (C=O) groups excluding carboxylic acids is 1. The lowest BCUT2D eigenvalue weighted by molar-refractivity contribution is -0.385. The number of hydrogen-bond acceptors (Lipinski definition) is 6. The van der Waals surface area contributed by atoms with Gasteiger partial charge >= 0.3 is 0 Å². The van der Waals surface area contributed by atoms with E-state index < -0.39 is 4.92 Å². The van der Waals surface area contributed by atoms with Gasteiger partial charge in [-0.25, -0.2) is 0 Å². The summed E-state index contributed by atoms with van der Waals surface area (Å²) in [6.07, 6.45) is 0. The van der Waals surface area contributed by atoms with Gasteiger partial charge in [-0.05, 0) is 35.1 Å². The van der Waals surface area contributed by atoms with Gasteiger partial charge in [0.1, 0.15) is 5.75 Å². The van der Waals surface area contributed by atoms with Crippen molar-refractivity contribution in [2.45, 2.75) is 13.2 Å². The molecule has 0 fully saturated rings. The van der Waals surface area contributed by atoms with Crippen LogP contribution in [0.25, 0.3) is 0 Å². The molecule has 1 aliphatic heterocycles. The Balaban J connectivity index is 1.71. The fraction of sp³-hybridized carbons (Fsp3) is 0.278. The molecule has 1 aliphatic rings. The molecule has 0 saturated heterocycles. The van der Waals surface area contributed by atoms with E-state index in [0.717, 1.165) is 4.47 Å². The summed E-state index contributed by atoms with van der Waals surface area (Å²) < 4.78 is 11.5. The average molecular weight is 436 g/mol. The van der Waals surface area contributed by atoms with Crippen LogP contribution >= 0.6 is 15.9 Å². The van der Waals surface area contributed by atoms with Crippen molar-refractivity contribution in [1.82, 2.24) is 4.90 Å². The van der Waals surface area contributed by atoms with Crippen LogP contribution in [0.1, 0.15) is 11.1 Å². The second-order valence-electron chi connectivity index (χ2n) is 6.16. The van der Waals surface area contributed by atoms with E-state index in [1.165, 1.54) is 12.1 Å². The number of hydrogen-bond donors (Lipinski definition) is 1. The summed E-state index contributed by atoms with van der Waals surface area (Å²) in [5.74, 6) is 0.401. The fourth-order valence-electron chi connectivity index (χ4n) is 2.85. The molecule has 0 spiro atoms. The van der Waals surface area contributed by atoms with E-state index in [2.05, 4.69) is 21.2 Å². The Morgan fingerprint density at radius 2 is 2.15 bits per heavy atom. The number of halogens is 1. The van der Waals surface area contributed by atoms with Gasteiger partial charge in [-0.1, -0.05) is 12.1 Å². The summed E-state index contributed by atoms with van der Waals surface area (Å²) in [5.41, 5.74) is 1.95. The summed E-state index contributed by atoms with van der Waals surface area (Å²) in [6.45, 7) is 0.809. The predicted molar refractivity (Wildman–Crippen MR) is 102 cm³/mol. The molecule has 0 unspecified atom stereocenters. The van der Waals surface area contributed by atoms with Gasteiger partial charge in [0.25, 0.3) is 5.69 Å². The Kier molecular flexibility index (Phi) is 6.04. The number of non-ortho nitro benzene ring substituents is 1. The van der Waals surface area contributed by atoms with Crippen LogP contribution in [-0.4, -0.2) is 36.1 Å². The molecule has 8 nitrogen and oxygen atoms in total. The molecule has 1 N–H and O–H groups in total. The van der Waals surface area contributed by atoms with E-state index >= 15 is 0 Å². The number of amides is 1. The molecule has 2 aromatic rings. The summed E-state index contributed by atoms with van der Waals surface area (Å²) in [7, 11) is 1.77. The highest BCUT2D eigenvalue weighted by molar-refractivity contribution is 9.10. The third kappa shape index (κ3) is 4.82. The molecule has 0 atom stereocenters. The highest BCUT2D eigenvalue weighted by atomic mass is 79.9. The Morgan fingerprint density at radius 1 is 1.37 bits per heavy atom. The second kappa shape index (κ2) is 8.47. The third-order valence-electron chi connectivity index (χ3n) is 3.98. The number of nitrogens with one attached hydrogen (secondary N) is 1. The lowest BCUT2D eigenvalue weighted by Crippen LogP contribution is -2.30. The number of nitrogens with zero attached hydrogens (tertiary/aromatic N) is 2. The molecular formula is C18H18BrN3O5. The van der Waals surface area contributed by atoms with Gasteiger partial charge in [-0.15, -0.1) is 0 Å². The highest BCUT2D eigenvalue weighted by Gasteiger charge is 2.22. The van der Waals surface area contributed by atoms with Gasteiger partial charge < -0.3 is 14.8 Å². The lowest BCUT2D eigenvalue weighted by Gasteiger charge is -2.23. The zero-order valence-electron chi connectivity index (χ0n) is 14.6. The molecule has 3 rings (SSSR count). The molecule has 1 amide bonds. The Morgan fingerprint density at radius 3 is 2.89 bits per heavy atom. The molecule has 0 bridgehead atoms. The van der Waals surface area contributed by atoms with Crippen molar-refractivity contribution in [3.63, 3.8) is 0 Å². The van der Waals surface area contributed by atoms with Crippen molar-refractivity contribution in [3.8, 4) is 5.75 Å². The quantitative estimate of drug-likeness (QED) is 0.552. The number of likely N-dealkylation sites (N-methyl/N-ethyl adjacent to an activating group) is 1. The van der Waals surface area contributed by atoms with Crippen LogP contribution in [-0.2, 0) is 22.7 Å². The fourth-order valence-corrected chi connectivity index (χ4v) is 3.23. The summed E-state index contributed by atoms with van der Waals surface area (Å²) in [5, 5.41) is 14.0. The molecule has 27 heavy (non-hydrogen) atoms. The van der Waals surface area contributed by atoms with E-state index in [0.29, 0.717) is 29.1 Å². The summed E-state index contributed by atoms with van der Waals surface area (Å²) >= 11 is 3.39. The molecule has 2 aromatic carbocycles. The van der Waals surface area contributed by atoms with Gasteiger partial charge in [-0.3, -0.25) is 19.8 Å². The Labute approximate surface area is 164 Å². The van der Waals surface area contributed by atoms with Crippen molar-refractivity contribution < 1.29 is 19.2 Å². The molecule has 142 valence electrons. The van der Waals surface area contributed by atoms with Crippen molar-refractivity contribution >= 4 is 33.2 Å². The van der Waals surface area contributed by atoms with Crippen LogP contribution in [0.2, 0.25) is 0 Å². The molecule has 0 aliphatic carbocycles. The zero-order valence-corrected chi connectivity index (χ0v) is 16.2. The number of rotatable bonds is 6. The van der Waals surface area contributed by atoms with Gasteiger partial charge in [0.15, 0.2) is 6.79 Å². The zero-order chi connectivity index (χ0) is 19.4. The molecule has 1 heterocycles. The van der Waals surface area contributed by atoms with Gasteiger partial charge in [0.05, 0.1) is 23.8 Å². The van der Waals surface area contributed by atoms with Crippen LogP contribution in [0.4, 0.5) is 11.4 Å². The maximum Gasteiger partial charge on any atom is 0.270 e. The standard InChI is InChI=1S/C18H18BrN3O5/c1-21(9-17(23)20-16-5-3-2-4-15(16)19)8-12-6-14(22(24)25)7-13-10-26-11-27-18(12)13/h2-7H,8-11H2,1H3,(H,20,23). The Hall–Kier alpha value is -2.49. The largest absolute Gasteiger partial charge is 0.467 e. The number of para-hydroxylation sites is 1. The van der Waals surface area contributed by atoms with Gasteiger partial charge in [-0.2, -0.15) is 0 Å².